The Morgan fingerprint density at radius 3 is 2.32 bits per heavy atom. The number of carbonyl (C=O) groups is 1. The van der Waals surface area contributed by atoms with Gasteiger partial charge in [0.1, 0.15) is 0 Å². The number of hydrogen-bond acceptors (Lipinski definition) is 2. The number of rotatable bonds is 6. The first-order valence-corrected chi connectivity index (χ1v) is 7.39. The fourth-order valence-corrected chi connectivity index (χ4v) is 2.68. The van der Waals surface area contributed by atoms with Gasteiger partial charge in [-0.15, -0.1) is 0 Å². The third kappa shape index (κ3) is 4.53. The number of anilines is 1. The summed E-state index contributed by atoms with van der Waals surface area (Å²) < 4.78 is 0.880. The van der Waals surface area contributed by atoms with Crippen LogP contribution in [0.5, 0.6) is 0 Å². The lowest BCUT2D eigenvalue weighted by Gasteiger charge is -2.26. The molecule has 3 nitrogen and oxygen atoms in total. The number of carboxylic acid groups (broad SMARTS) is 1. The van der Waals surface area contributed by atoms with E-state index in [1.54, 1.807) is 12.1 Å². The molecular formula is C15H22BrNO2. The van der Waals surface area contributed by atoms with Crippen LogP contribution in [0.25, 0.3) is 0 Å². The molecule has 0 saturated heterocycles. The van der Waals surface area contributed by atoms with Gasteiger partial charge in [0.2, 0.25) is 0 Å². The minimum Gasteiger partial charge on any atom is -0.478 e. The number of halogens is 1. The van der Waals surface area contributed by atoms with Crippen molar-refractivity contribution in [1.82, 2.24) is 0 Å². The van der Waals surface area contributed by atoms with Gasteiger partial charge in [-0.05, 0) is 36.0 Å². The Balaban J connectivity index is 2.87. The van der Waals surface area contributed by atoms with Crippen molar-refractivity contribution in [3.05, 3.63) is 28.2 Å². The summed E-state index contributed by atoms with van der Waals surface area (Å²) in [6, 6.07) is 5.19. The van der Waals surface area contributed by atoms with Gasteiger partial charge in [-0.25, -0.2) is 4.79 Å². The van der Waals surface area contributed by atoms with E-state index in [-0.39, 0.29) is 0 Å². The minimum absolute atomic E-state index is 0.314. The molecule has 1 rings (SSSR count). The Labute approximate surface area is 123 Å². The lowest BCUT2D eigenvalue weighted by molar-refractivity contribution is 0.0698. The van der Waals surface area contributed by atoms with Crippen molar-refractivity contribution in [3.8, 4) is 0 Å². The van der Waals surface area contributed by atoms with E-state index in [9.17, 15) is 9.90 Å². The van der Waals surface area contributed by atoms with E-state index < -0.39 is 5.97 Å². The summed E-state index contributed by atoms with van der Waals surface area (Å²) in [6.07, 6.45) is 0. The van der Waals surface area contributed by atoms with Gasteiger partial charge in [0.15, 0.2) is 0 Å². The molecule has 0 aliphatic carbocycles. The van der Waals surface area contributed by atoms with Crippen LogP contribution in [0, 0.1) is 17.8 Å². The Kier molecular flexibility index (Phi) is 5.85. The Morgan fingerprint density at radius 1 is 1.26 bits per heavy atom. The molecule has 0 aliphatic rings. The van der Waals surface area contributed by atoms with Crippen LogP contribution in [0.15, 0.2) is 22.7 Å². The fraction of sp³-hybridized carbons (Fsp3) is 0.533. The molecule has 0 radical (unpaired) electrons. The van der Waals surface area contributed by atoms with Crippen LogP contribution in [-0.2, 0) is 0 Å². The van der Waals surface area contributed by atoms with Crippen LogP contribution >= 0.6 is 15.9 Å². The zero-order valence-electron chi connectivity index (χ0n) is 11.9. The number of nitrogens with one attached hydrogen (secondary N) is 1. The summed E-state index contributed by atoms with van der Waals surface area (Å²) in [4.78, 5) is 11.2. The van der Waals surface area contributed by atoms with Crippen molar-refractivity contribution >= 4 is 27.6 Å². The maximum Gasteiger partial charge on any atom is 0.337 e. The van der Waals surface area contributed by atoms with Crippen molar-refractivity contribution in [3.63, 3.8) is 0 Å². The lowest BCUT2D eigenvalue weighted by atomic mass is 9.85. The number of hydrogen-bond donors (Lipinski definition) is 2. The maximum absolute atomic E-state index is 11.2. The van der Waals surface area contributed by atoms with Gasteiger partial charge in [0.05, 0.1) is 5.56 Å². The van der Waals surface area contributed by atoms with Crippen molar-refractivity contribution in [2.75, 3.05) is 11.9 Å². The van der Waals surface area contributed by atoms with Crippen LogP contribution in [0.3, 0.4) is 0 Å². The predicted octanol–water partition coefficient (Wildman–Crippen LogP) is 4.49. The standard InChI is InChI=1S/C15H22BrNO2/c1-9(2)13(10(3)4)8-17-14-7-11(16)5-6-12(14)15(18)19/h5-7,9-10,13,17H,8H2,1-4H3,(H,18,19). The first-order valence-electron chi connectivity index (χ1n) is 6.59. The van der Waals surface area contributed by atoms with E-state index >= 15 is 0 Å². The van der Waals surface area contributed by atoms with Crippen molar-refractivity contribution in [2.24, 2.45) is 17.8 Å². The van der Waals surface area contributed by atoms with Crippen molar-refractivity contribution < 1.29 is 9.90 Å². The monoisotopic (exact) mass is 327 g/mol. The average Bonchev–Trinajstić information content (AvgIpc) is 2.27. The first kappa shape index (κ1) is 16.0. The van der Waals surface area contributed by atoms with Crippen molar-refractivity contribution in [1.29, 1.82) is 0 Å². The predicted molar refractivity (Wildman–Crippen MR) is 82.8 cm³/mol. The molecule has 1 aromatic carbocycles. The van der Waals surface area contributed by atoms with Gasteiger partial charge >= 0.3 is 5.97 Å². The van der Waals surface area contributed by atoms with E-state index in [2.05, 4.69) is 48.9 Å². The van der Waals surface area contributed by atoms with Crippen LogP contribution in [-0.4, -0.2) is 17.6 Å². The second-order valence-electron chi connectivity index (χ2n) is 5.53. The van der Waals surface area contributed by atoms with Crippen molar-refractivity contribution in [2.45, 2.75) is 27.7 Å². The number of carboxylic acids is 1. The van der Waals surface area contributed by atoms with Crippen LogP contribution < -0.4 is 5.32 Å². The quantitative estimate of drug-likeness (QED) is 0.809. The molecule has 0 unspecified atom stereocenters. The molecule has 106 valence electrons. The highest BCUT2D eigenvalue weighted by Crippen LogP contribution is 2.25. The zero-order valence-corrected chi connectivity index (χ0v) is 13.5. The smallest absolute Gasteiger partial charge is 0.337 e. The molecule has 0 fully saturated rings. The molecule has 2 N–H and O–H groups in total. The fourth-order valence-electron chi connectivity index (χ4n) is 2.32. The summed E-state index contributed by atoms with van der Waals surface area (Å²) in [5.74, 6) is 0.738. The summed E-state index contributed by atoms with van der Waals surface area (Å²) in [7, 11) is 0. The molecule has 0 amide bonds. The van der Waals surface area contributed by atoms with Gasteiger partial charge < -0.3 is 10.4 Å². The highest BCUT2D eigenvalue weighted by Gasteiger charge is 2.18. The molecule has 0 aliphatic heterocycles. The molecule has 1 aromatic rings. The van der Waals surface area contributed by atoms with Crippen LogP contribution in [0.4, 0.5) is 5.69 Å². The largest absolute Gasteiger partial charge is 0.478 e. The third-order valence-corrected chi connectivity index (χ3v) is 3.95. The SMILES string of the molecule is CC(C)C(CNc1cc(Br)ccc1C(=O)O)C(C)C. The molecule has 0 atom stereocenters. The van der Waals surface area contributed by atoms with E-state index in [4.69, 9.17) is 0 Å². The van der Waals surface area contributed by atoms with Gasteiger partial charge in [0.25, 0.3) is 0 Å². The molecule has 0 aromatic heterocycles. The topological polar surface area (TPSA) is 49.3 Å². The average molecular weight is 328 g/mol. The summed E-state index contributed by atoms with van der Waals surface area (Å²) in [5, 5.41) is 12.5. The highest BCUT2D eigenvalue weighted by molar-refractivity contribution is 9.10. The summed E-state index contributed by atoms with van der Waals surface area (Å²) >= 11 is 3.38. The van der Waals surface area contributed by atoms with Gasteiger partial charge in [-0.1, -0.05) is 43.6 Å². The van der Waals surface area contributed by atoms with Gasteiger partial charge in [0, 0.05) is 16.7 Å². The van der Waals surface area contributed by atoms with E-state index in [0.29, 0.717) is 29.0 Å². The van der Waals surface area contributed by atoms with Crippen LogP contribution in [0.2, 0.25) is 0 Å². The summed E-state index contributed by atoms with van der Waals surface area (Å²) in [6.45, 7) is 9.58. The molecule has 19 heavy (non-hydrogen) atoms. The second-order valence-corrected chi connectivity index (χ2v) is 6.44. The van der Waals surface area contributed by atoms with Gasteiger partial charge in [-0.2, -0.15) is 0 Å². The zero-order chi connectivity index (χ0) is 14.6. The molecule has 0 bridgehead atoms. The number of benzene rings is 1. The third-order valence-electron chi connectivity index (χ3n) is 3.45. The lowest BCUT2D eigenvalue weighted by Crippen LogP contribution is -2.25. The summed E-state index contributed by atoms with van der Waals surface area (Å²) in [5.41, 5.74) is 0.989. The molecule has 0 spiro atoms. The number of aromatic carboxylic acids is 1. The highest BCUT2D eigenvalue weighted by atomic mass is 79.9. The molecular weight excluding hydrogens is 306 g/mol. The Hall–Kier alpha value is -1.03. The second kappa shape index (κ2) is 6.94. The first-order chi connectivity index (χ1) is 8.82. The molecule has 4 heteroatoms. The normalized spacial score (nSPS) is 11.4. The van der Waals surface area contributed by atoms with E-state index in [0.717, 1.165) is 11.0 Å². The van der Waals surface area contributed by atoms with Gasteiger partial charge in [-0.3, -0.25) is 0 Å². The van der Waals surface area contributed by atoms with E-state index in [1.165, 1.54) is 0 Å². The Bertz CT molecular complexity index is 436. The van der Waals surface area contributed by atoms with Crippen LogP contribution in [0.1, 0.15) is 38.1 Å². The Morgan fingerprint density at radius 2 is 1.84 bits per heavy atom. The molecule has 0 heterocycles. The minimum atomic E-state index is -0.902. The maximum atomic E-state index is 11.2. The van der Waals surface area contributed by atoms with E-state index in [1.807, 2.05) is 6.07 Å². The molecule has 0 saturated carbocycles.